The van der Waals surface area contributed by atoms with Crippen molar-refractivity contribution < 1.29 is 87.0 Å². The largest absolute Gasteiger partial charge is 0.506 e. The predicted molar refractivity (Wildman–Crippen MR) is 341 cm³/mol. The molecule has 5 aliphatic rings. The molecule has 13 amide bonds. The Hall–Kier alpha value is -8.56. The van der Waals surface area contributed by atoms with E-state index in [9.17, 15) is 82.8 Å². The van der Waals surface area contributed by atoms with Crippen LogP contribution < -0.4 is 58.5 Å². The number of fused-ring (bicyclic) bond motifs is 5. The number of rotatable bonds is 23. The van der Waals surface area contributed by atoms with Gasteiger partial charge in [0, 0.05) is 88.4 Å². The van der Waals surface area contributed by atoms with E-state index >= 15 is 4.21 Å². The van der Waals surface area contributed by atoms with E-state index in [-0.39, 0.29) is 62.5 Å². The zero-order chi connectivity index (χ0) is 69.2. The monoisotopic (exact) mass is 1350 g/mol. The molecule has 95 heavy (non-hydrogen) atoms. The second-order valence-corrected chi connectivity index (χ2v) is 26.4. The number of hydrogen-bond acceptors (Lipinski definition) is 19. The maximum atomic E-state index is 15.4. The van der Waals surface area contributed by atoms with Gasteiger partial charge in [-0.3, -0.25) is 71.4 Å². The Morgan fingerprint density at radius 2 is 1.39 bits per heavy atom. The summed E-state index contributed by atoms with van der Waals surface area (Å²) >= 11 is 0. The van der Waals surface area contributed by atoms with Gasteiger partial charge in [-0.15, -0.1) is 0 Å². The number of carbonyl (C=O) groups excluding carboxylic acids is 13. The van der Waals surface area contributed by atoms with Crippen LogP contribution in [0.3, 0.4) is 0 Å². The number of primary amides is 1. The molecule has 0 radical (unpaired) electrons. The smallest absolute Gasteiger partial charge is 0.253 e. The summed E-state index contributed by atoms with van der Waals surface area (Å²) in [5.74, 6) is -13.2. The van der Waals surface area contributed by atoms with Crippen LogP contribution in [0.1, 0.15) is 116 Å². The summed E-state index contributed by atoms with van der Waals surface area (Å²) in [6.45, 7) is 3.52. The molecule has 0 spiro atoms. The first kappa shape index (κ1) is 73.8. The molecule has 2 aromatic rings. The number of aliphatic hydroxyl groups excluding tert-OH is 3. The Balaban J connectivity index is 1.13. The molecule has 32 nitrogen and oxygen atoms in total. The van der Waals surface area contributed by atoms with Crippen molar-refractivity contribution in [3.8, 4) is 5.75 Å². The highest BCUT2D eigenvalue weighted by Gasteiger charge is 2.45. The summed E-state index contributed by atoms with van der Waals surface area (Å²) in [6, 6.07) is -7.49. The van der Waals surface area contributed by atoms with Crippen LogP contribution in [0.2, 0.25) is 0 Å². The summed E-state index contributed by atoms with van der Waals surface area (Å²) in [5, 5.41) is 67.1. The molecule has 1 unspecified atom stereocenters. The van der Waals surface area contributed by atoms with Crippen LogP contribution in [0.4, 0.5) is 5.69 Å². The van der Waals surface area contributed by atoms with Crippen molar-refractivity contribution in [1.82, 2.24) is 62.6 Å². The molecule has 2 saturated heterocycles. The van der Waals surface area contributed by atoms with Gasteiger partial charge >= 0.3 is 0 Å². The van der Waals surface area contributed by atoms with Crippen LogP contribution in [0.5, 0.6) is 5.75 Å². The lowest BCUT2D eigenvalue weighted by Gasteiger charge is -2.34. The maximum Gasteiger partial charge on any atom is 0.253 e. The number of aromatic amines is 1. The lowest BCUT2D eigenvalue weighted by atomic mass is 9.92. The summed E-state index contributed by atoms with van der Waals surface area (Å²) in [6.07, 6.45) is 4.20. The lowest BCUT2D eigenvalue weighted by Crippen LogP contribution is -2.62. The molecule has 6 heterocycles. The fourth-order valence-corrected chi connectivity index (χ4v) is 13.7. The molecule has 7 rings (SSSR count). The number of amides is 13. The Morgan fingerprint density at radius 3 is 2.04 bits per heavy atom. The van der Waals surface area contributed by atoms with Crippen molar-refractivity contribution in [2.24, 2.45) is 23.5 Å². The zero-order valence-electron chi connectivity index (χ0n) is 53.7. The highest BCUT2D eigenvalue weighted by Crippen LogP contribution is 2.41. The number of benzene rings is 1. The molecule has 0 aliphatic carbocycles. The van der Waals surface area contributed by atoms with Gasteiger partial charge in [0.15, 0.2) is 0 Å². The molecule has 5 aliphatic heterocycles. The van der Waals surface area contributed by atoms with Gasteiger partial charge in [0.25, 0.3) is 11.8 Å². The minimum absolute atomic E-state index is 0.0477. The van der Waals surface area contributed by atoms with E-state index in [0.29, 0.717) is 103 Å². The molecular weight excluding hydrogens is 1260 g/mol. The van der Waals surface area contributed by atoms with Crippen molar-refractivity contribution >= 4 is 104 Å². The minimum Gasteiger partial charge on any atom is -0.506 e. The van der Waals surface area contributed by atoms with Crippen LogP contribution in [0.15, 0.2) is 29.3 Å². The number of phenolic OH excluding ortho intramolecular Hbond substituents is 1. The first-order valence-corrected chi connectivity index (χ1v) is 33.8. The summed E-state index contributed by atoms with van der Waals surface area (Å²) in [7, 11) is -2.50. The van der Waals surface area contributed by atoms with Gasteiger partial charge in [-0.25, -0.2) is 0 Å². The van der Waals surface area contributed by atoms with Crippen molar-refractivity contribution in [3.63, 3.8) is 0 Å². The van der Waals surface area contributed by atoms with Gasteiger partial charge in [0.2, 0.25) is 65.0 Å². The van der Waals surface area contributed by atoms with Crippen LogP contribution in [-0.4, -0.2) is 229 Å². The second kappa shape index (κ2) is 34.7. The summed E-state index contributed by atoms with van der Waals surface area (Å²) in [4.78, 5) is 183. The first-order chi connectivity index (χ1) is 45.3. The predicted octanol–water partition coefficient (Wildman–Crippen LogP) is -4.04. The highest BCUT2D eigenvalue weighted by atomic mass is 32.2. The topological polar surface area (TPSA) is 480 Å². The number of nitrogens with zero attached hydrogens (tertiary/aromatic N) is 3. The van der Waals surface area contributed by atoms with E-state index in [1.54, 1.807) is 13.8 Å². The Bertz CT molecular complexity index is 3240. The van der Waals surface area contributed by atoms with E-state index in [0.717, 1.165) is 11.3 Å². The summed E-state index contributed by atoms with van der Waals surface area (Å²) < 4.78 is 15.4. The molecule has 522 valence electrons. The Kier molecular flexibility index (Phi) is 27.0. The van der Waals surface area contributed by atoms with Gasteiger partial charge in [-0.2, -0.15) is 0 Å². The third kappa shape index (κ3) is 20.0. The molecule has 33 heteroatoms. The lowest BCUT2D eigenvalue weighted by molar-refractivity contribution is -0.144. The standard InChI is InChI=1S/C62H90N14O18S/c1-4-33(2)52-59(91)67-28-48(84)68-41-32-95(94)61-38(26-39(56(88)66-29-49(85)71-52)69-60(92)53(34(3)44(80)31-77)72-58(90)42-25-36(78)30-76(42)62(93)40(27-45(63)81)70-57(41)89)37-13-14-43(79)55(54(37)73-61)74-23-18-35(19-24-74)17-21-65-47(83)11-7-5-9-20-64-46(82)12-8-6-10-22-75-50(86)15-16-51(75)87/h13-16,33-36,39-42,44,52-53,73,77-80H,4-12,17-32H2,1-3H3,(H2,63,81)(H,64,82)(H,65,83)(H,66,88)(H,67,91)(H,68,84)(H,69,92)(H,70,89)(H,71,85)(H,72,90)/t33-,34+,36+,39+,40-,41+,42-,44+,52-,53-,95?/m0/s1. The van der Waals surface area contributed by atoms with Gasteiger partial charge in [-0.1, -0.05) is 40.0 Å². The molecule has 1 aromatic carbocycles. The number of hydrogen-bond donors (Lipinski definition) is 15. The van der Waals surface area contributed by atoms with E-state index in [2.05, 4.69) is 52.8 Å². The van der Waals surface area contributed by atoms with Crippen molar-refractivity contribution in [2.75, 3.05) is 69.6 Å². The number of nitrogens with one attached hydrogen (secondary N) is 10. The highest BCUT2D eigenvalue weighted by molar-refractivity contribution is 7.85. The number of piperidine rings is 1. The van der Waals surface area contributed by atoms with Crippen LogP contribution in [-0.2, 0) is 79.5 Å². The quantitative estimate of drug-likeness (QED) is 0.0372. The van der Waals surface area contributed by atoms with Crippen molar-refractivity contribution in [3.05, 3.63) is 29.8 Å². The molecule has 2 fully saturated rings. The van der Waals surface area contributed by atoms with Crippen LogP contribution in [0.25, 0.3) is 10.9 Å². The molecule has 1 aromatic heterocycles. The fraction of sp³-hybridized carbons (Fsp3) is 0.629. The number of aromatic hydroxyl groups is 1. The number of anilines is 1. The third-order valence-electron chi connectivity index (χ3n) is 18.1. The van der Waals surface area contributed by atoms with E-state index in [1.807, 2.05) is 4.90 Å². The third-order valence-corrected chi connectivity index (χ3v) is 19.5. The van der Waals surface area contributed by atoms with Crippen LogP contribution >= 0.6 is 0 Å². The first-order valence-electron chi connectivity index (χ1n) is 32.5. The van der Waals surface area contributed by atoms with Crippen LogP contribution in [0, 0.1) is 17.8 Å². The normalized spacial score (nSPS) is 24.9. The number of unbranched alkanes of at least 4 members (excludes halogenated alkanes) is 4. The number of carbonyl (C=O) groups is 13. The number of aromatic nitrogens is 1. The average molecular weight is 1350 g/mol. The number of nitrogens with two attached hydrogens (primary N) is 1. The van der Waals surface area contributed by atoms with E-state index in [1.165, 1.54) is 36.1 Å². The number of aliphatic hydroxyl groups is 3. The van der Waals surface area contributed by atoms with Gasteiger partial charge in [-0.05, 0) is 74.5 Å². The van der Waals surface area contributed by atoms with Gasteiger partial charge in [0.05, 0.1) is 60.4 Å². The van der Waals surface area contributed by atoms with Gasteiger partial charge < -0.3 is 88.8 Å². The Morgan fingerprint density at radius 1 is 0.747 bits per heavy atom. The molecule has 11 atom stereocenters. The molecule has 16 N–H and O–H groups in total. The average Bonchev–Trinajstić information content (AvgIpc) is 1.52. The summed E-state index contributed by atoms with van der Waals surface area (Å²) in [5.41, 5.74) is 6.06. The SMILES string of the molecule is CC[C@H](C)[C@@H]1NC(=O)CNC(=O)[C@H]2Cc3c([nH]c4c(N5CCC(CCNC(=O)CCCCCNC(=O)CCCCCN6C(=O)C=CC6=O)CC5)c(O)ccc34)S(=O)C[C@@H](NC(=O)CNC1=O)C(=O)N[C@@H](CC(N)=O)C(=O)N1C[C@H](O)C[C@H]1C(=O)N[C@@H]([C@H](C)[C@H](O)CO)C(=O)N2. The van der Waals surface area contributed by atoms with Crippen molar-refractivity contribution in [2.45, 2.75) is 171 Å². The second-order valence-electron chi connectivity index (χ2n) is 25.0. The van der Waals surface area contributed by atoms with E-state index < -0.39 is 176 Å². The number of imide groups is 1. The van der Waals surface area contributed by atoms with Gasteiger partial charge in [0.1, 0.15) is 52.7 Å². The molecule has 2 bridgehead atoms. The maximum absolute atomic E-state index is 15.4. The fourth-order valence-electron chi connectivity index (χ4n) is 12.3. The molecule has 0 saturated carbocycles. The minimum atomic E-state index is -2.50. The molecular formula is C62H90N14O18S. The van der Waals surface area contributed by atoms with Crippen molar-refractivity contribution in [1.29, 1.82) is 0 Å². The number of phenols is 1. The number of H-pyrrole nitrogens is 1. The zero-order valence-corrected chi connectivity index (χ0v) is 54.5. The van der Waals surface area contributed by atoms with E-state index in [4.69, 9.17) is 5.73 Å². The Labute approximate surface area is 551 Å².